The third kappa shape index (κ3) is 2.00. The van der Waals surface area contributed by atoms with Gasteiger partial charge in [-0.3, -0.25) is 0 Å². The van der Waals surface area contributed by atoms with Crippen molar-refractivity contribution in [1.29, 1.82) is 0 Å². The monoisotopic (exact) mass is 231 g/mol. The zero-order chi connectivity index (χ0) is 11.9. The number of hydrogen-bond donors (Lipinski definition) is 1. The minimum absolute atomic E-state index is 0.333. The zero-order valence-corrected chi connectivity index (χ0v) is 10.6. The molecular formula is C15H21NO. The van der Waals surface area contributed by atoms with Crippen LogP contribution in [-0.4, -0.2) is 18.8 Å². The van der Waals surface area contributed by atoms with Gasteiger partial charge < -0.3 is 10.1 Å². The third-order valence-corrected chi connectivity index (χ3v) is 4.30. The van der Waals surface area contributed by atoms with Gasteiger partial charge in [0.2, 0.25) is 0 Å². The van der Waals surface area contributed by atoms with Gasteiger partial charge in [0, 0.05) is 6.04 Å². The molecule has 3 rings (SSSR count). The Kier molecular flexibility index (Phi) is 2.72. The first-order valence-electron chi connectivity index (χ1n) is 6.59. The summed E-state index contributed by atoms with van der Waals surface area (Å²) in [6.45, 7) is 5.44. The molecule has 3 unspecified atom stereocenters. The molecule has 1 aromatic rings. The molecule has 1 heterocycles. The van der Waals surface area contributed by atoms with Crippen LogP contribution in [0.1, 0.15) is 38.3 Å². The average Bonchev–Trinajstić information content (AvgIpc) is 2.66. The second kappa shape index (κ2) is 4.11. The van der Waals surface area contributed by atoms with E-state index in [1.165, 1.54) is 18.4 Å². The normalized spacial score (nSPS) is 35.5. The Bertz CT molecular complexity index is 387. The van der Waals surface area contributed by atoms with E-state index < -0.39 is 0 Å². The number of fused-ring (bicyclic) bond motifs is 1. The maximum atomic E-state index is 6.12. The van der Waals surface area contributed by atoms with Gasteiger partial charge in [-0.05, 0) is 23.8 Å². The molecule has 1 N–H and O–H groups in total. The summed E-state index contributed by atoms with van der Waals surface area (Å²) in [5.41, 5.74) is 1.68. The third-order valence-electron chi connectivity index (χ3n) is 4.30. The van der Waals surface area contributed by atoms with Crippen molar-refractivity contribution in [3.8, 4) is 0 Å². The molecule has 0 aromatic heterocycles. The van der Waals surface area contributed by atoms with Crippen LogP contribution < -0.4 is 5.32 Å². The Morgan fingerprint density at radius 2 is 2.00 bits per heavy atom. The van der Waals surface area contributed by atoms with Crippen molar-refractivity contribution in [3.05, 3.63) is 35.9 Å². The number of benzene rings is 1. The van der Waals surface area contributed by atoms with E-state index in [1.807, 2.05) is 0 Å². The van der Waals surface area contributed by atoms with Crippen molar-refractivity contribution < 1.29 is 4.74 Å². The first-order valence-corrected chi connectivity index (χ1v) is 6.59. The standard InChI is InChI=1S/C15H21NO/c1-15(2)9-8-12-14(15)17-10-13(16-12)11-6-4-3-5-7-11/h3-7,12-14,16H,8-10H2,1-2H3. The Morgan fingerprint density at radius 1 is 1.24 bits per heavy atom. The lowest BCUT2D eigenvalue weighted by atomic mass is 9.87. The van der Waals surface area contributed by atoms with Crippen LogP contribution in [0, 0.1) is 5.41 Å². The molecule has 1 aliphatic heterocycles. The number of rotatable bonds is 1. The van der Waals surface area contributed by atoms with E-state index in [1.54, 1.807) is 0 Å². The van der Waals surface area contributed by atoms with Crippen LogP contribution in [0.3, 0.4) is 0 Å². The predicted molar refractivity (Wildman–Crippen MR) is 68.9 cm³/mol. The molecule has 92 valence electrons. The predicted octanol–water partition coefficient (Wildman–Crippen LogP) is 2.90. The summed E-state index contributed by atoms with van der Waals surface area (Å²) < 4.78 is 6.12. The van der Waals surface area contributed by atoms with Gasteiger partial charge >= 0.3 is 0 Å². The molecule has 0 radical (unpaired) electrons. The van der Waals surface area contributed by atoms with Crippen LogP contribution in [0.2, 0.25) is 0 Å². The van der Waals surface area contributed by atoms with Crippen LogP contribution in [0.15, 0.2) is 30.3 Å². The van der Waals surface area contributed by atoms with E-state index in [4.69, 9.17) is 4.74 Å². The number of morpholine rings is 1. The topological polar surface area (TPSA) is 21.3 Å². The Morgan fingerprint density at radius 3 is 2.76 bits per heavy atom. The second-order valence-electron chi connectivity index (χ2n) is 6.02. The molecule has 1 saturated heterocycles. The molecule has 2 fully saturated rings. The van der Waals surface area contributed by atoms with Crippen molar-refractivity contribution >= 4 is 0 Å². The summed E-state index contributed by atoms with van der Waals surface area (Å²) >= 11 is 0. The van der Waals surface area contributed by atoms with Crippen LogP contribution in [0.4, 0.5) is 0 Å². The molecule has 0 spiro atoms. The van der Waals surface area contributed by atoms with Gasteiger partial charge in [0.1, 0.15) is 0 Å². The molecule has 0 amide bonds. The lowest BCUT2D eigenvalue weighted by Gasteiger charge is -2.39. The zero-order valence-electron chi connectivity index (χ0n) is 10.6. The first kappa shape index (κ1) is 11.2. The van der Waals surface area contributed by atoms with Gasteiger partial charge in [-0.1, -0.05) is 44.2 Å². The van der Waals surface area contributed by atoms with Gasteiger partial charge in [0.15, 0.2) is 0 Å². The number of ether oxygens (including phenoxy) is 1. The van der Waals surface area contributed by atoms with Gasteiger partial charge in [-0.25, -0.2) is 0 Å². The van der Waals surface area contributed by atoms with E-state index in [9.17, 15) is 0 Å². The lowest BCUT2D eigenvalue weighted by molar-refractivity contribution is -0.0614. The Balaban J connectivity index is 1.74. The summed E-state index contributed by atoms with van der Waals surface area (Å²) in [5, 5.41) is 3.76. The van der Waals surface area contributed by atoms with Gasteiger partial charge in [-0.15, -0.1) is 0 Å². The summed E-state index contributed by atoms with van der Waals surface area (Å²) in [4.78, 5) is 0. The molecule has 1 aromatic carbocycles. The molecule has 2 nitrogen and oxygen atoms in total. The number of hydrogen-bond acceptors (Lipinski definition) is 2. The fraction of sp³-hybridized carbons (Fsp3) is 0.600. The SMILES string of the molecule is CC1(C)CCC2NC(c3ccccc3)COC21. The van der Waals surface area contributed by atoms with Gasteiger partial charge in [0.25, 0.3) is 0 Å². The highest BCUT2D eigenvalue weighted by atomic mass is 16.5. The molecule has 0 bridgehead atoms. The van der Waals surface area contributed by atoms with Gasteiger partial charge in [0.05, 0.1) is 18.8 Å². The summed E-state index contributed by atoms with van der Waals surface area (Å²) in [6, 6.07) is 11.5. The van der Waals surface area contributed by atoms with E-state index in [-0.39, 0.29) is 0 Å². The highest BCUT2D eigenvalue weighted by Gasteiger charge is 2.46. The fourth-order valence-corrected chi connectivity index (χ4v) is 3.26. The highest BCUT2D eigenvalue weighted by Crippen LogP contribution is 2.42. The smallest absolute Gasteiger partial charge is 0.0779 e. The van der Waals surface area contributed by atoms with E-state index in [0.717, 1.165) is 6.61 Å². The summed E-state index contributed by atoms with van der Waals surface area (Å²) in [7, 11) is 0. The fourth-order valence-electron chi connectivity index (χ4n) is 3.26. The summed E-state index contributed by atoms with van der Waals surface area (Å²) in [6.07, 6.45) is 2.89. The minimum Gasteiger partial charge on any atom is -0.374 e. The van der Waals surface area contributed by atoms with E-state index in [0.29, 0.717) is 23.6 Å². The van der Waals surface area contributed by atoms with Gasteiger partial charge in [-0.2, -0.15) is 0 Å². The molecule has 17 heavy (non-hydrogen) atoms. The molecule has 2 heteroatoms. The van der Waals surface area contributed by atoms with Crippen molar-refractivity contribution in [2.45, 2.75) is 44.9 Å². The second-order valence-corrected chi connectivity index (χ2v) is 6.02. The van der Waals surface area contributed by atoms with Crippen LogP contribution >= 0.6 is 0 Å². The maximum absolute atomic E-state index is 6.12. The van der Waals surface area contributed by atoms with Crippen LogP contribution in [0.5, 0.6) is 0 Å². The lowest BCUT2D eigenvalue weighted by Crippen LogP contribution is -2.50. The largest absolute Gasteiger partial charge is 0.374 e. The molecule has 2 aliphatic rings. The van der Waals surface area contributed by atoms with Crippen molar-refractivity contribution in [3.63, 3.8) is 0 Å². The van der Waals surface area contributed by atoms with Crippen LogP contribution in [0.25, 0.3) is 0 Å². The summed E-state index contributed by atoms with van der Waals surface area (Å²) in [5.74, 6) is 0. The molecule has 3 atom stereocenters. The Hall–Kier alpha value is -0.860. The quantitative estimate of drug-likeness (QED) is 0.802. The average molecular weight is 231 g/mol. The van der Waals surface area contributed by atoms with E-state index >= 15 is 0 Å². The molecule has 1 aliphatic carbocycles. The highest BCUT2D eigenvalue weighted by molar-refractivity contribution is 5.20. The molecular weight excluding hydrogens is 210 g/mol. The molecule has 1 saturated carbocycles. The van der Waals surface area contributed by atoms with Crippen LogP contribution in [-0.2, 0) is 4.74 Å². The number of nitrogens with one attached hydrogen (secondary N) is 1. The van der Waals surface area contributed by atoms with E-state index in [2.05, 4.69) is 49.5 Å². The van der Waals surface area contributed by atoms with Crippen molar-refractivity contribution in [2.75, 3.05) is 6.61 Å². The Labute approximate surface area is 103 Å². The van der Waals surface area contributed by atoms with Crippen molar-refractivity contribution in [2.24, 2.45) is 5.41 Å². The maximum Gasteiger partial charge on any atom is 0.0779 e. The first-order chi connectivity index (χ1) is 8.17. The van der Waals surface area contributed by atoms with Crippen molar-refractivity contribution in [1.82, 2.24) is 5.32 Å². The minimum atomic E-state index is 0.333.